The molecule has 1 atom stereocenters. The molecule has 0 heterocycles. The summed E-state index contributed by atoms with van der Waals surface area (Å²) in [4.78, 5) is 0.0400. The summed E-state index contributed by atoms with van der Waals surface area (Å²) < 4.78 is 40.9. The SMILES string of the molecule is NCC(NS(=O)(=O)c1ccc(F)cc1Br)C1CCCCC1. The number of rotatable bonds is 5. The summed E-state index contributed by atoms with van der Waals surface area (Å²) in [5, 5.41) is 0. The van der Waals surface area contributed by atoms with E-state index >= 15 is 0 Å². The van der Waals surface area contributed by atoms with Gasteiger partial charge < -0.3 is 5.73 Å². The minimum Gasteiger partial charge on any atom is -0.329 e. The Balaban J connectivity index is 2.18. The molecule has 1 unspecified atom stereocenters. The van der Waals surface area contributed by atoms with E-state index in [1.807, 2.05) is 0 Å². The fourth-order valence-electron chi connectivity index (χ4n) is 2.83. The highest BCUT2D eigenvalue weighted by molar-refractivity contribution is 9.10. The summed E-state index contributed by atoms with van der Waals surface area (Å²) in [6.07, 6.45) is 5.42. The number of halogens is 2. The van der Waals surface area contributed by atoms with Crippen molar-refractivity contribution in [3.05, 3.63) is 28.5 Å². The van der Waals surface area contributed by atoms with Crippen molar-refractivity contribution in [1.82, 2.24) is 4.72 Å². The number of nitrogens with one attached hydrogen (secondary N) is 1. The highest BCUT2D eigenvalue weighted by Gasteiger charge is 2.28. The fourth-order valence-corrected chi connectivity index (χ4v) is 5.20. The number of benzene rings is 1. The number of nitrogens with two attached hydrogens (primary N) is 1. The number of hydrogen-bond acceptors (Lipinski definition) is 3. The van der Waals surface area contributed by atoms with Crippen LogP contribution in [0.3, 0.4) is 0 Å². The van der Waals surface area contributed by atoms with Gasteiger partial charge in [0.1, 0.15) is 5.82 Å². The van der Waals surface area contributed by atoms with Crippen molar-refractivity contribution in [2.45, 2.75) is 43.0 Å². The third-order valence-electron chi connectivity index (χ3n) is 3.96. The van der Waals surface area contributed by atoms with Crippen LogP contribution in [-0.4, -0.2) is 21.0 Å². The molecule has 0 spiro atoms. The molecule has 2 rings (SSSR count). The lowest BCUT2D eigenvalue weighted by Gasteiger charge is -2.30. The van der Waals surface area contributed by atoms with E-state index in [1.165, 1.54) is 12.5 Å². The summed E-state index contributed by atoms with van der Waals surface area (Å²) in [7, 11) is -3.71. The molecule has 4 nitrogen and oxygen atoms in total. The maximum absolute atomic E-state index is 13.1. The molecule has 0 bridgehead atoms. The van der Waals surface area contributed by atoms with Crippen LogP contribution in [0.25, 0.3) is 0 Å². The van der Waals surface area contributed by atoms with E-state index in [0.717, 1.165) is 37.8 Å². The Morgan fingerprint density at radius 2 is 2.00 bits per heavy atom. The van der Waals surface area contributed by atoms with Crippen LogP contribution in [0.1, 0.15) is 32.1 Å². The monoisotopic (exact) mass is 378 g/mol. The maximum Gasteiger partial charge on any atom is 0.241 e. The molecule has 118 valence electrons. The first-order chi connectivity index (χ1) is 9.94. The summed E-state index contributed by atoms with van der Waals surface area (Å²) in [6.45, 7) is 0.267. The zero-order valence-corrected chi connectivity index (χ0v) is 14.1. The van der Waals surface area contributed by atoms with Gasteiger partial charge >= 0.3 is 0 Å². The van der Waals surface area contributed by atoms with Gasteiger partial charge in [-0.1, -0.05) is 19.3 Å². The lowest BCUT2D eigenvalue weighted by atomic mass is 9.84. The normalized spacial score (nSPS) is 18.6. The van der Waals surface area contributed by atoms with Crippen LogP contribution in [0, 0.1) is 11.7 Å². The highest BCUT2D eigenvalue weighted by Crippen LogP contribution is 2.28. The Hall–Kier alpha value is -0.500. The van der Waals surface area contributed by atoms with E-state index in [4.69, 9.17) is 5.73 Å². The van der Waals surface area contributed by atoms with E-state index in [1.54, 1.807) is 0 Å². The van der Waals surface area contributed by atoms with Gasteiger partial charge in [0.15, 0.2) is 0 Å². The lowest BCUT2D eigenvalue weighted by Crippen LogP contribution is -2.45. The van der Waals surface area contributed by atoms with E-state index in [0.29, 0.717) is 0 Å². The molecule has 1 aliphatic carbocycles. The first kappa shape index (κ1) is 16.9. The minimum absolute atomic E-state index is 0.0400. The first-order valence-corrected chi connectivity index (χ1v) is 9.39. The third-order valence-corrected chi connectivity index (χ3v) is 6.43. The van der Waals surface area contributed by atoms with Crippen molar-refractivity contribution >= 4 is 26.0 Å². The first-order valence-electron chi connectivity index (χ1n) is 7.11. The molecule has 3 N–H and O–H groups in total. The molecular weight excluding hydrogens is 359 g/mol. The molecular formula is C14H20BrFN2O2S. The molecule has 0 aromatic heterocycles. The molecule has 21 heavy (non-hydrogen) atoms. The smallest absolute Gasteiger partial charge is 0.241 e. The maximum atomic E-state index is 13.1. The highest BCUT2D eigenvalue weighted by atomic mass is 79.9. The molecule has 1 aromatic carbocycles. The molecule has 0 amide bonds. The van der Waals surface area contributed by atoms with Crippen molar-refractivity contribution in [2.75, 3.05) is 6.54 Å². The lowest BCUT2D eigenvalue weighted by molar-refractivity contribution is 0.294. The Morgan fingerprint density at radius 1 is 1.33 bits per heavy atom. The molecule has 0 radical (unpaired) electrons. The van der Waals surface area contributed by atoms with Crippen LogP contribution >= 0.6 is 15.9 Å². The van der Waals surface area contributed by atoms with Crippen molar-refractivity contribution < 1.29 is 12.8 Å². The van der Waals surface area contributed by atoms with Gasteiger partial charge in [0, 0.05) is 17.1 Å². The van der Waals surface area contributed by atoms with Crippen molar-refractivity contribution in [2.24, 2.45) is 11.7 Å². The van der Waals surface area contributed by atoms with Crippen LogP contribution in [-0.2, 0) is 10.0 Å². The average Bonchev–Trinajstić information content (AvgIpc) is 2.45. The van der Waals surface area contributed by atoms with E-state index < -0.39 is 15.8 Å². The van der Waals surface area contributed by atoms with Gasteiger partial charge in [0.2, 0.25) is 10.0 Å². The van der Waals surface area contributed by atoms with Gasteiger partial charge in [-0.3, -0.25) is 0 Å². The Bertz CT molecular complexity index is 589. The van der Waals surface area contributed by atoms with Gasteiger partial charge in [-0.25, -0.2) is 17.5 Å². The van der Waals surface area contributed by atoms with Crippen LogP contribution < -0.4 is 10.5 Å². The molecule has 7 heteroatoms. The van der Waals surface area contributed by atoms with Crippen LogP contribution in [0.15, 0.2) is 27.6 Å². The van der Waals surface area contributed by atoms with Crippen LogP contribution in [0.5, 0.6) is 0 Å². The number of hydrogen-bond donors (Lipinski definition) is 2. The van der Waals surface area contributed by atoms with E-state index in [2.05, 4.69) is 20.7 Å². The topological polar surface area (TPSA) is 72.2 Å². The van der Waals surface area contributed by atoms with Crippen LogP contribution in [0.2, 0.25) is 0 Å². The van der Waals surface area contributed by atoms with Gasteiger partial charge in [0.05, 0.1) is 4.90 Å². The second-order valence-corrected chi connectivity index (χ2v) is 7.97. The number of sulfonamides is 1. The summed E-state index contributed by atoms with van der Waals surface area (Å²) in [5.41, 5.74) is 5.75. The molecule has 0 saturated heterocycles. The Labute approximate surface area is 133 Å². The van der Waals surface area contributed by atoms with Crippen molar-refractivity contribution in [3.63, 3.8) is 0 Å². The van der Waals surface area contributed by atoms with Gasteiger partial charge in [-0.2, -0.15) is 0 Å². The average molecular weight is 379 g/mol. The zero-order valence-electron chi connectivity index (χ0n) is 11.7. The Morgan fingerprint density at radius 3 is 2.57 bits per heavy atom. The molecule has 0 aliphatic heterocycles. The predicted molar refractivity (Wildman–Crippen MR) is 83.8 cm³/mol. The second kappa shape index (κ2) is 7.17. The standard InChI is InChI=1S/C14H20BrFN2O2S/c15-12-8-11(16)6-7-14(12)21(19,20)18-13(9-17)10-4-2-1-3-5-10/h6-8,10,13,18H,1-5,9,17H2. The van der Waals surface area contributed by atoms with Gasteiger partial charge in [0.25, 0.3) is 0 Å². The summed E-state index contributed by atoms with van der Waals surface area (Å²) >= 11 is 3.10. The second-order valence-electron chi connectivity index (χ2n) is 5.44. The minimum atomic E-state index is -3.71. The molecule has 1 aromatic rings. The predicted octanol–water partition coefficient (Wildman–Crippen LogP) is 2.77. The van der Waals surface area contributed by atoms with Crippen molar-refractivity contribution in [1.29, 1.82) is 0 Å². The van der Waals surface area contributed by atoms with Crippen LogP contribution in [0.4, 0.5) is 4.39 Å². The Kier molecular flexibility index (Phi) is 5.76. The summed E-state index contributed by atoms with van der Waals surface area (Å²) in [6, 6.07) is 3.27. The van der Waals surface area contributed by atoms with E-state index in [9.17, 15) is 12.8 Å². The van der Waals surface area contributed by atoms with Crippen molar-refractivity contribution in [3.8, 4) is 0 Å². The largest absolute Gasteiger partial charge is 0.329 e. The van der Waals surface area contributed by atoms with E-state index in [-0.39, 0.29) is 27.9 Å². The third kappa shape index (κ3) is 4.25. The molecule has 1 saturated carbocycles. The zero-order chi connectivity index (χ0) is 15.5. The van der Waals surface area contributed by atoms with Gasteiger partial charge in [-0.15, -0.1) is 0 Å². The fraction of sp³-hybridized carbons (Fsp3) is 0.571. The summed E-state index contributed by atoms with van der Waals surface area (Å²) in [5.74, 6) is -0.207. The molecule has 1 fully saturated rings. The van der Waals surface area contributed by atoms with Gasteiger partial charge in [-0.05, 0) is 52.9 Å². The molecule has 1 aliphatic rings. The quantitative estimate of drug-likeness (QED) is 0.827.